The second kappa shape index (κ2) is 8.52. The second-order valence-electron chi connectivity index (χ2n) is 6.90. The van der Waals surface area contributed by atoms with E-state index >= 15 is 0 Å². The van der Waals surface area contributed by atoms with Gasteiger partial charge in [0.15, 0.2) is 0 Å². The standard InChI is InChI=1S/C19H26N4OS/c1-23(2)18(24)17(15-10-4-3-5-11-15)25-19-20-16(21-22-19)13-12-14-8-6-7-9-14/h3-5,10-11,14,17H,6-9,12-13H2,1-2H3,(H,20,21,22). The molecule has 5 nitrogen and oxygen atoms in total. The monoisotopic (exact) mass is 358 g/mol. The van der Waals surface area contributed by atoms with Gasteiger partial charge in [-0.1, -0.05) is 67.8 Å². The molecule has 1 heterocycles. The van der Waals surface area contributed by atoms with Gasteiger partial charge in [-0.2, -0.15) is 0 Å². The minimum atomic E-state index is -0.324. The number of amides is 1. The van der Waals surface area contributed by atoms with E-state index in [-0.39, 0.29) is 11.2 Å². The molecule has 1 atom stereocenters. The molecule has 0 radical (unpaired) electrons. The Kier molecular flexibility index (Phi) is 6.13. The summed E-state index contributed by atoms with van der Waals surface area (Å²) in [7, 11) is 3.56. The van der Waals surface area contributed by atoms with Gasteiger partial charge in [0.1, 0.15) is 11.1 Å². The zero-order valence-corrected chi connectivity index (χ0v) is 15.8. The molecule has 1 aromatic carbocycles. The van der Waals surface area contributed by atoms with E-state index < -0.39 is 0 Å². The topological polar surface area (TPSA) is 61.9 Å². The third-order valence-corrected chi connectivity index (χ3v) is 5.87. The number of carbonyl (C=O) groups is 1. The molecule has 0 spiro atoms. The lowest BCUT2D eigenvalue weighted by molar-refractivity contribution is -0.128. The molecule has 1 fully saturated rings. The van der Waals surface area contributed by atoms with Gasteiger partial charge in [-0.05, 0) is 17.9 Å². The first-order valence-electron chi connectivity index (χ1n) is 8.97. The number of rotatable bonds is 7. The summed E-state index contributed by atoms with van der Waals surface area (Å²) in [5.74, 6) is 1.82. The van der Waals surface area contributed by atoms with Gasteiger partial charge in [0, 0.05) is 20.5 Å². The number of aromatic nitrogens is 3. The van der Waals surface area contributed by atoms with Crippen molar-refractivity contribution in [3.8, 4) is 0 Å². The van der Waals surface area contributed by atoms with Gasteiger partial charge in [0.25, 0.3) is 0 Å². The second-order valence-corrected chi connectivity index (χ2v) is 7.97. The van der Waals surface area contributed by atoms with Gasteiger partial charge in [-0.15, -0.1) is 5.10 Å². The number of likely N-dealkylation sites (N-methyl/N-ethyl adjacent to an activating group) is 1. The fourth-order valence-electron chi connectivity index (χ4n) is 3.31. The van der Waals surface area contributed by atoms with Crippen molar-refractivity contribution < 1.29 is 4.79 Å². The average Bonchev–Trinajstić information content (AvgIpc) is 3.29. The average molecular weight is 359 g/mol. The highest BCUT2D eigenvalue weighted by atomic mass is 32.2. The van der Waals surface area contributed by atoms with E-state index in [1.54, 1.807) is 19.0 Å². The van der Waals surface area contributed by atoms with Crippen LogP contribution in [0.2, 0.25) is 0 Å². The molecule has 1 saturated carbocycles. The number of aromatic amines is 1. The lowest BCUT2D eigenvalue weighted by atomic mass is 10.0. The summed E-state index contributed by atoms with van der Waals surface area (Å²) in [6.45, 7) is 0. The Morgan fingerprint density at radius 1 is 1.28 bits per heavy atom. The fourth-order valence-corrected chi connectivity index (χ4v) is 4.39. The van der Waals surface area contributed by atoms with Crippen molar-refractivity contribution in [1.29, 1.82) is 0 Å². The lowest BCUT2D eigenvalue weighted by Gasteiger charge is -2.19. The number of H-pyrrole nitrogens is 1. The highest BCUT2D eigenvalue weighted by Crippen LogP contribution is 2.35. The predicted octanol–water partition coefficient (Wildman–Crippen LogP) is 3.85. The van der Waals surface area contributed by atoms with Crippen molar-refractivity contribution in [2.75, 3.05) is 14.1 Å². The number of benzene rings is 1. The molecule has 134 valence electrons. The molecular formula is C19H26N4OS. The summed E-state index contributed by atoms with van der Waals surface area (Å²) < 4.78 is 0. The smallest absolute Gasteiger partial charge is 0.240 e. The van der Waals surface area contributed by atoms with Crippen LogP contribution in [0.3, 0.4) is 0 Å². The van der Waals surface area contributed by atoms with E-state index in [2.05, 4.69) is 15.2 Å². The van der Waals surface area contributed by atoms with Crippen molar-refractivity contribution >= 4 is 17.7 Å². The summed E-state index contributed by atoms with van der Waals surface area (Å²) in [5.41, 5.74) is 0.975. The molecule has 0 saturated heterocycles. The summed E-state index contributed by atoms with van der Waals surface area (Å²) in [6, 6.07) is 9.83. The Morgan fingerprint density at radius 3 is 2.68 bits per heavy atom. The Bertz CT molecular complexity index is 680. The molecule has 1 amide bonds. The Balaban J connectivity index is 1.66. The minimum Gasteiger partial charge on any atom is -0.348 e. The van der Waals surface area contributed by atoms with Crippen LogP contribution < -0.4 is 0 Å². The van der Waals surface area contributed by atoms with Gasteiger partial charge < -0.3 is 4.90 Å². The van der Waals surface area contributed by atoms with Crippen LogP contribution in [0.25, 0.3) is 0 Å². The number of nitrogens with one attached hydrogen (secondary N) is 1. The zero-order valence-electron chi connectivity index (χ0n) is 14.9. The number of carbonyl (C=O) groups excluding carboxylic acids is 1. The van der Waals surface area contributed by atoms with E-state index in [1.165, 1.54) is 43.9 Å². The van der Waals surface area contributed by atoms with E-state index in [4.69, 9.17) is 0 Å². The van der Waals surface area contributed by atoms with Crippen LogP contribution >= 0.6 is 11.8 Å². The van der Waals surface area contributed by atoms with Gasteiger partial charge in [-0.25, -0.2) is 4.98 Å². The Hall–Kier alpha value is -1.82. The first kappa shape index (κ1) is 18.0. The van der Waals surface area contributed by atoms with Crippen molar-refractivity contribution in [3.05, 3.63) is 41.7 Å². The number of hydrogen-bond acceptors (Lipinski definition) is 4. The molecule has 0 bridgehead atoms. The first-order valence-corrected chi connectivity index (χ1v) is 9.85. The normalized spacial score (nSPS) is 16.1. The Morgan fingerprint density at radius 2 is 2.00 bits per heavy atom. The number of hydrogen-bond donors (Lipinski definition) is 1. The van der Waals surface area contributed by atoms with Crippen molar-refractivity contribution in [1.82, 2.24) is 20.1 Å². The molecule has 3 rings (SSSR count). The van der Waals surface area contributed by atoms with Crippen LogP contribution in [-0.4, -0.2) is 40.1 Å². The third kappa shape index (κ3) is 4.84. The number of thioether (sulfide) groups is 1. The van der Waals surface area contributed by atoms with Gasteiger partial charge >= 0.3 is 0 Å². The largest absolute Gasteiger partial charge is 0.348 e. The van der Waals surface area contributed by atoms with Crippen LogP contribution in [0.5, 0.6) is 0 Å². The Labute approximate surface area is 153 Å². The number of aryl methyl sites for hydroxylation is 1. The van der Waals surface area contributed by atoms with Crippen molar-refractivity contribution in [2.24, 2.45) is 5.92 Å². The molecule has 1 unspecified atom stereocenters. The van der Waals surface area contributed by atoms with Crippen molar-refractivity contribution in [2.45, 2.75) is 48.9 Å². The summed E-state index contributed by atoms with van der Waals surface area (Å²) in [4.78, 5) is 18.8. The van der Waals surface area contributed by atoms with Crippen LogP contribution in [0.1, 0.15) is 48.7 Å². The van der Waals surface area contributed by atoms with E-state index in [0.717, 1.165) is 23.7 Å². The fraction of sp³-hybridized carbons (Fsp3) is 0.526. The maximum atomic E-state index is 12.6. The molecule has 25 heavy (non-hydrogen) atoms. The van der Waals surface area contributed by atoms with E-state index in [1.807, 2.05) is 30.3 Å². The first-order chi connectivity index (χ1) is 12.1. The maximum absolute atomic E-state index is 12.6. The summed E-state index contributed by atoms with van der Waals surface area (Å²) in [5, 5.41) is 7.69. The molecule has 6 heteroatoms. The SMILES string of the molecule is CN(C)C(=O)C(Sc1n[nH]c(CCC2CCCC2)n1)c1ccccc1. The summed E-state index contributed by atoms with van der Waals surface area (Å²) >= 11 is 1.41. The van der Waals surface area contributed by atoms with E-state index in [9.17, 15) is 4.79 Å². The zero-order chi connectivity index (χ0) is 17.6. The minimum absolute atomic E-state index is 0.0495. The van der Waals surface area contributed by atoms with Crippen LogP contribution in [-0.2, 0) is 11.2 Å². The maximum Gasteiger partial charge on any atom is 0.240 e. The molecule has 2 aromatic rings. The molecule has 1 aliphatic rings. The van der Waals surface area contributed by atoms with Gasteiger partial charge in [-0.3, -0.25) is 9.89 Å². The molecule has 1 N–H and O–H groups in total. The molecule has 1 aromatic heterocycles. The highest BCUT2D eigenvalue weighted by Gasteiger charge is 2.25. The van der Waals surface area contributed by atoms with Gasteiger partial charge in [0.05, 0.1) is 0 Å². The molecule has 0 aliphatic heterocycles. The van der Waals surface area contributed by atoms with Crippen LogP contribution in [0, 0.1) is 5.92 Å². The molecule has 1 aliphatic carbocycles. The lowest BCUT2D eigenvalue weighted by Crippen LogP contribution is -2.26. The third-order valence-electron chi connectivity index (χ3n) is 4.77. The predicted molar refractivity (Wildman–Crippen MR) is 100 cm³/mol. The number of nitrogens with zero attached hydrogens (tertiary/aromatic N) is 3. The van der Waals surface area contributed by atoms with E-state index in [0.29, 0.717) is 5.16 Å². The molecular weight excluding hydrogens is 332 g/mol. The highest BCUT2D eigenvalue weighted by molar-refractivity contribution is 8.00. The van der Waals surface area contributed by atoms with Gasteiger partial charge in [0.2, 0.25) is 11.1 Å². The van der Waals surface area contributed by atoms with Crippen LogP contribution in [0.4, 0.5) is 0 Å². The van der Waals surface area contributed by atoms with Crippen LogP contribution in [0.15, 0.2) is 35.5 Å². The summed E-state index contributed by atoms with van der Waals surface area (Å²) in [6.07, 6.45) is 7.56. The van der Waals surface area contributed by atoms with Crippen molar-refractivity contribution in [3.63, 3.8) is 0 Å². The quantitative estimate of drug-likeness (QED) is 0.764.